The van der Waals surface area contributed by atoms with Crippen molar-refractivity contribution in [1.29, 1.82) is 0 Å². The van der Waals surface area contributed by atoms with E-state index in [1.165, 1.54) is 0 Å². The van der Waals surface area contributed by atoms with E-state index in [2.05, 4.69) is 24.3 Å². The number of esters is 2. The van der Waals surface area contributed by atoms with Gasteiger partial charge in [-0.15, -0.1) is 0 Å². The van der Waals surface area contributed by atoms with Gasteiger partial charge >= 0.3 is 11.9 Å². The monoisotopic (exact) mass is 550 g/mol. The van der Waals surface area contributed by atoms with E-state index >= 15 is 0 Å². The average Bonchev–Trinajstić information content (AvgIpc) is 2.96. The Morgan fingerprint density at radius 1 is 0.500 bits per heavy atom. The van der Waals surface area contributed by atoms with Crippen molar-refractivity contribution in [2.24, 2.45) is 0 Å². The molecule has 3 rings (SSSR count). The minimum atomic E-state index is -0.0974. The first-order valence-electron chi connectivity index (χ1n) is 15.2. The van der Waals surface area contributed by atoms with Crippen LogP contribution in [0, 0.1) is 0 Å². The molecule has 40 heavy (non-hydrogen) atoms. The molecule has 0 N–H and O–H groups in total. The lowest BCUT2D eigenvalue weighted by Gasteiger charge is -2.18. The fourth-order valence-electron chi connectivity index (χ4n) is 4.98. The summed E-state index contributed by atoms with van der Waals surface area (Å²) in [5.41, 5.74) is 0. The maximum atomic E-state index is 11.5. The number of fused-ring (bicyclic) bond motifs is 2. The van der Waals surface area contributed by atoms with E-state index < -0.39 is 0 Å². The first kappa shape index (κ1) is 31.3. The van der Waals surface area contributed by atoms with Crippen LogP contribution in [0.1, 0.15) is 90.9 Å². The number of hydrogen-bond donors (Lipinski definition) is 0. The van der Waals surface area contributed by atoms with Crippen LogP contribution in [0.15, 0.2) is 48.5 Å². The standard InChI is InChI=1S/C34H46O6/c1-3-37-31(35)23-11-7-5-9-17-25-39-33-27-19-13-15-21-29(27)34(30-22-16-14-20-28(30)33)40-26-18-10-6-8-12-24-32(36)38-4-2/h13-16,19-22H,3-12,17-18,23-26H2,1-2H3. The van der Waals surface area contributed by atoms with Gasteiger partial charge in [0.05, 0.1) is 26.4 Å². The fourth-order valence-corrected chi connectivity index (χ4v) is 4.98. The number of rotatable bonds is 20. The van der Waals surface area contributed by atoms with Crippen molar-refractivity contribution in [1.82, 2.24) is 0 Å². The van der Waals surface area contributed by atoms with Crippen molar-refractivity contribution in [2.75, 3.05) is 26.4 Å². The molecule has 0 heterocycles. The predicted molar refractivity (Wildman–Crippen MR) is 161 cm³/mol. The molecule has 0 saturated carbocycles. The van der Waals surface area contributed by atoms with Crippen LogP contribution in [0.4, 0.5) is 0 Å². The molecule has 0 aliphatic heterocycles. The van der Waals surface area contributed by atoms with Gasteiger partial charge in [0, 0.05) is 34.4 Å². The Labute approximate surface area is 239 Å². The summed E-state index contributed by atoms with van der Waals surface area (Å²) in [4.78, 5) is 22.9. The Bertz CT molecular complexity index is 1040. The van der Waals surface area contributed by atoms with Gasteiger partial charge in [-0.25, -0.2) is 0 Å². The summed E-state index contributed by atoms with van der Waals surface area (Å²) < 4.78 is 22.8. The summed E-state index contributed by atoms with van der Waals surface area (Å²) in [6.07, 6.45) is 11.1. The van der Waals surface area contributed by atoms with Gasteiger partial charge in [-0.2, -0.15) is 0 Å². The summed E-state index contributed by atoms with van der Waals surface area (Å²) in [5, 5.41) is 4.29. The number of unbranched alkanes of at least 4 members (excludes halogenated alkanes) is 8. The maximum absolute atomic E-state index is 11.5. The molecule has 0 radical (unpaired) electrons. The summed E-state index contributed by atoms with van der Waals surface area (Å²) in [6, 6.07) is 16.7. The molecular weight excluding hydrogens is 504 g/mol. The van der Waals surface area contributed by atoms with Gasteiger partial charge in [0.25, 0.3) is 0 Å². The second-order valence-electron chi connectivity index (χ2n) is 10.1. The van der Waals surface area contributed by atoms with Gasteiger partial charge in [-0.05, 0) is 39.5 Å². The van der Waals surface area contributed by atoms with Crippen LogP contribution in [-0.4, -0.2) is 38.4 Å². The molecule has 0 spiro atoms. The zero-order chi connectivity index (χ0) is 28.4. The molecule has 0 amide bonds. The normalized spacial score (nSPS) is 11.1. The molecule has 3 aromatic carbocycles. The molecule has 0 bridgehead atoms. The van der Waals surface area contributed by atoms with E-state index in [9.17, 15) is 9.59 Å². The highest BCUT2D eigenvalue weighted by Crippen LogP contribution is 2.42. The van der Waals surface area contributed by atoms with Crippen LogP contribution in [-0.2, 0) is 19.1 Å². The fraction of sp³-hybridized carbons (Fsp3) is 0.529. The minimum absolute atomic E-state index is 0.0974. The van der Waals surface area contributed by atoms with Crippen LogP contribution < -0.4 is 9.47 Å². The molecule has 0 atom stereocenters. The average molecular weight is 551 g/mol. The zero-order valence-corrected chi connectivity index (χ0v) is 24.4. The Balaban J connectivity index is 1.52. The van der Waals surface area contributed by atoms with Gasteiger partial charge in [-0.3, -0.25) is 9.59 Å². The first-order chi connectivity index (χ1) is 19.7. The molecule has 0 saturated heterocycles. The highest BCUT2D eigenvalue weighted by atomic mass is 16.5. The van der Waals surface area contributed by atoms with Gasteiger partial charge in [-0.1, -0.05) is 87.1 Å². The van der Waals surface area contributed by atoms with Crippen molar-refractivity contribution >= 4 is 33.5 Å². The molecule has 0 aliphatic carbocycles. The smallest absolute Gasteiger partial charge is 0.305 e. The van der Waals surface area contributed by atoms with Gasteiger partial charge in [0.1, 0.15) is 11.5 Å². The molecule has 0 aromatic heterocycles. The summed E-state index contributed by atoms with van der Waals surface area (Å²) in [5.74, 6) is 1.64. The molecule has 0 aliphatic rings. The van der Waals surface area contributed by atoms with Gasteiger partial charge in [0.2, 0.25) is 0 Å². The number of carbonyl (C=O) groups excluding carboxylic acids is 2. The van der Waals surface area contributed by atoms with Crippen molar-refractivity contribution in [3.8, 4) is 11.5 Å². The molecule has 3 aromatic rings. The largest absolute Gasteiger partial charge is 0.492 e. The quantitative estimate of drug-likeness (QED) is 0.0797. The topological polar surface area (TPSA) is 71.1 Å². The van der Waals surface area contributed by atoms with Crippen LogP contribution >= 0.6 is 0 Å². The maximum Gasteiger partial charge on any atom is 0.305 e. The van der Waals surface area contributed by atoms with Crippen molar-refractivity contribution in [2.45, 2.75) is 90.9 Å². The Kier molecular flexibility index (Phi) is 14.2. The van der Waals surface area contributed by atoms with E-state index in [-0.39, 0.29) is 11.9 Å². The van der Waals surface area contributed by atoms with Crippen LogP contribution in [0.5, 0.6) is 11.5 Å². The number of carbonyl (C=O) groups is 2. The SMILES string of the molecule is CCOC(=O)CCCCCCCOc1c2ccccc2c(OCCCCCCCC(=O)OCC)c2ccccc12. The lowest BCUT2D eigenvalue weighted by Crippen LogP contribution is -2.03. The van der Waals surface area contributed by atoms with E-state index in [0.717, 1.165) is 97.3 Å². The Hall–Kier alpha value is -3.28. The lowest BCUT2D eigenvalue weighted by molar-refractivity contribution is -0.144. The molecule has 0 fully saturated rings. The second kappa shape index (κ2) is 18.1. The number of hydrogen-bond acceptors (Lipinski definition) is 6. The predicted octanol–water partition coefficient (Wildman–Crippen LogP) is 8.56. The van der Waals surface area contributed by atoms with Crippen molar-refractivity contribution in [3.63, 3.8) is 0 Å². The van der Waals surface area contributed by atoms with Crippen molar-refractivity contribution in [3.05, 3.63) is 48.5 Å². The first-order valence-corrected chi connectivity index (χ1v) is 15.2. The van der Waals surface area contributed by atoms with Crippen LogP contribution in [0.3, 0.4) is 0 Å². The third-order valence-electron chi connectivity index (χ3n) is 6.99. The summed E-state index contributed by atoms with van der Waals surface area (Å²) in [7, 11) is 0. The van der Waals surface area contributed by atoms with Gasteiger partial charge < -0.3 is 18.9 Å². The minimum Gasteiger partial charge on any atom is -0.492 e. The van der Waals surface area contributed by atoms with E-state index in [4.69, 9.17) is 18.9 Å². The van der Waals surface area contributed by atoms with Crippen LogP contribution in [0.25, 0.3) is 21.5 Å². The number of benzene rings is 3. The van der Waals surface area contributed by atoms with Crippen molar-refractivity contribution < 1.29 is 28.5 Å². The lowest BCUT2D eigenvalue weighted by atomic mass is 10.0. The highest BCUT2D eigenvalue weighted by Gasteiger charge is 2.15. The third kappa shape index (κ3) is 10.0. The molecule has 218 valence electrons. The summed E-state index contributed by atoms with van der Waals surface area (Å²) >= 11 is 0. The van der Waals surface area contributed by atoms with E-state index in [0.29, 0.717) is 39.3 Å². The molecule has 6 nitrogen and oxygen atoms in total. The molecule has 6 heteroatoms. The van der Waals surface area contributed by atoms with E-state index in [1.807, 2.05) is 38.1 Å². The van der Waals surface area contributed by atoms with Gasteiger partial charge in [0.15, 0.2) is 0 Å². The molecular formula is C34H46O6. The van der Waals surface area contributed by atoms with Crippen LogP contribution in [0.2, 0.25) is 0 Å². The highest BCUT2D eigenvalue weighted by molar-refractivity contribution is 6.11. The second-order valence-corrected chi connectivity index (χ2v) is 10.1. The number of ether oxygens (including phenoxy) is 4. The summed E-state index contributed by atoms with van der Waals surface area (Å²) in [6.45, 7) is 5.89. The zero-order valence-electron chi connectivity index (χ0n) is 24.4. The Morgan fingerprint density at radius 2 is 0.825 bits per heavy atom. The van der Waals surface area contributed by atoms with E-state index in [1.54, 1.807) is 0 Å². The Morgan fingerprint density at radius 3 is 1.18 bits per heavy atom. The third-order valence-corrected chi connectivity index (χ3v) is 6.99. The molecule has 0 unspecified atom stereocenters.